The summed E-state index contributed by atoms with van der Waals surface area (Å²) in [7, 11) is -4.58. The van der Waals surface area contributed by atoms with Crippen molar-refractivity contribution in [2.45, 2.75) is 88.9 Å². The highest BCUT2D eigenvalue weighted by molar-refractivity contribution is 7.52. The first-order valence-corrected chi connectivity index (χ1v) is 16.2. The van der Waals surface area contributed by atoms with Crippen LogP contribution in [-0.2, 0) is 23.4 Å². The van der Waals surface area contributed by atoms with Gasteiger partial charge in [-0.15, -0.1) is 0 Å². The van der Waals surface area contributed by atoms with Crippen LogP contribution in [0.5, 0.6) is 11.6 Å². The third kappa shape index (κ3) is 7.04. The van der Waals surface area contributed by atoms with Gasteiger partial charge in [0.25, 0.3) is 5.85 Å². The van der Waals surface area contributed by atoms with Gasteiger partial charge in [-0.3, -0.25) is 13.9 Å². The second kappa shape index (κ2) is 13.1. The molecule has 2 aromatic heterocycles. The fraction of sp³-hybridized carbons (Fsp3) is 0.571. The van der Waals surface area contributed by atoms with Gasteiger partial charge < -0.3 is 29.6 Å². The molecule has 5 rings (SSSR count). The van der Waals surface area contributed by atoms with Crippen LogP contribution in [0.1, 0.15) is 59.1 Å². The lowest BCUT2D eigenvalue weighted by atomic mass is 9.97. The van der Waals surface area contributed by atoms with Crippen molar-refractivity contribution in [3.8, 4) is 11.6 Å². The number of hydrogen-bond acceptors (Lipinski definition) is 12. The molecule has 1 saturated carbocycles. The Hall–Kier alpha value is -3.43. The Bertz CT molecular complexity index is 1540. The average molecular weight is 655 g/mol. The molecule has 45 heavy (non-hydrogen) atoms. The van der Waals surface area contributed by atoms with Crippen molar-refractivity contribution in [2.24, 2.45) is 0 Å². The Morgan fingerprint density at radius 3 is 2.64 bits per heavy atom. The van der Waals surface area contributed by atoms with E-state index in [9.17, 15) is 14.5 Å². The first-order chi connectivity index (χ1) is 21.3. The number of rotatable bonds is 12. The molecule has 0 unspecified atom stereocenters. The van der Waals surface area contributed by atoms with Gasteiger partial charge in [0.15, 0.2) is 29.2 Å². The summed E-state index contributed by atoms with van der Waals surface area (Å²) in [6, 6.07) is 6.63. The summed E-state index contributed by atoms with van der Waals surface area (Å²) in [6.45, 7) is 2.98. The maximum atomic E-state index is 16.3. The minimum absolute atomic E-state index is 0.0221. The minimum atomic E-state index is -4.58. The third-order valence-corrected chi connectivity index (χ3v) is 9.24. The predicted molar refractivity (Wildman–Crippen MR) is 157 cm³/mol. The maximum absolute atomic E-state index is 16.3. The van der Waals surface area contributed by atoms with Crippen molar-refractivity contribution in [2.75, 3.05) is 18.9 Å². The van der Waals surface area contributed by atoms with Crippen LogP contribution in [0, 0.1) is 0 Å². The Balaban J connectivity index is 1.37. The number of nitrogen functional groups attached to an aromatic ring is 1. The van der Waals surface area contributed by atoms with Crippen LogP contribution in [0.25, 0.3) is 11.2 Å². The summed E-state index contributed by atoms with van der Waals surface area (Å²) in [5, 5.41) is 13.3. The SMILES string of the molecule is CCOc1nc(N)nc2c1ncn2[C@@H]1O[C@](F)(CO[P@](=O)(N[C@@H](C)C(=O)OC2CCCCC2)Oc2ccccc2)[C@@H](O)[C@@]1(C)F. The number of nitrogens with zero attached hydrogens (tertiary/aromatic N) is 4. The predicted octanol–water partition coefficient (Wildman–Crippen LogP) is 4.15. The molecular weight excluding hydrogens is 617 g/mol. The van der Waals surface area contributed by atoms with Crippen molar-refractivity contribution >= 4 is 30.8 Å². The van der Waals surface area contributed by atoms with Crippen LogP contribution < -0.4 is 20.1 Å². The summed E-state index contributed by atoms with van der Waals surface area (Å²) < 4.78 is 74.9. The van der Waals surface area contributed by atoms with Gasteiger partial charge in [-0.05, 0) is 58.6 Å². The lowest BCUT2D eigenvalue weighted by Gasteiger charge is -2.28. The molecular formula is C28H37F2N6O8P. The molecule has 1 saturated heterocycles. The molecule has 3 heterocycles. The van der Waals surface area contributed by atoms with Crippen molar-refractivity contribution in [1.29, 1.82) is 0 Å². The number of ether oxygens (including phenoxy) is 3. The van der Waals surface area contributed by atoms with Gasteiger partial charge in [-0.1, -0.05) is 24.6 Å². The number of fused-ring (bicyclic) bond motifs is 1. The van der Waals surface area contributed by atoms with Crippen LogP contribution in [0.4, 0.5) is 14.7 Å². The monoisotopic (exact) mass is 654 g/mol. The van der Waals surface area contributed by atoms with E-state index in [-0.39, 0.29) is 41.5 Å². The Labute approximate surface area is 258 Å². The zero-order chi connectivity index (χ0) is 32.4. The molecule has 14 nitrogen and oxygen atoms in total. The maximum Gasteiger partial charge on any atom is 0.459 e. The first-order valence-electron chi connectivity index (χ1n) is 14.7. The number of nitrogens with one attached hydrogen (secondary N) is 1. The van der Waals surface area contributed by atoms with Gasteiger partial charge in [-0.2, -0.15) is 15.1 Å². The van der Waals surface area contributed by atoms with Gasteiger partial charge >= 0.3 is 13.7 Å². The number of aromatic nitrogens is 4. The number of anilines is 1. The van der Waals surface area contributed by atoms with E-state index < -0.39 is 50.2 Å². The molecule has 0 amide bonds. The Morgan fingerprint density at radius 2 is 1.96 bits per heavy atom. The van der Waals surface area contributed by atoms with Gasteiger partial charge in [0, 0.05) is 0 Å². The molecule has 0 spiro atoms. The number of para-hydroxylation sites is 1. The molecule has 1 aromatic carbocycles. The molecule has 246 valence electrons. The van der Waals surface area contributed by atoms with Gasteiger partial charge in [-0.25, -0.2) is 18.3 Å². The molecule has 4 N–H and O–H groups in total. The van der Waals surface area contributed by atoms with Gasteiger partial charge in [0.1, 0.15) is 24.5 Å². The highest BCUT2D eigenvalue weighted by Gasteiger charge is 2.65. The molecule has 6 atom stereocenters. The average Bonchev–Trinajstić information content (AvgIpc) is 3.50. The number of carbonyl (C=O) groups excluding carboxylic acids is 1. The fourth-order valence-electron chi connectivity index (χ4n) is 5.30. The normalized spacial score (nSPS) is 27.6. The zero-order valence-electron chi connectivity index (χ0n) is 25.1. The Morgan fingerprint density at radius 1 is 1.24 bits per heavy atom. The number of aliphatic hydroxyl groups excluding tert-OH is 1. The van der Waals surface area contributed by atoms with Crippen LogP contribution in [0.3, 0.4) is 0 Å². The van der Waals surface area contributed by atoms with E-state index >= 15 is 8.78 Å². The van der Waals surface area contributed by atoms with Crippen LogP contribution >= 0.6 is 7.75 Å². The van der Waals surface area contributed by atoms with Crippen LogP contribution in [0.15, 0.2) is 36.7 Å². The highest BCUT2D eigenvalue weighted by atomic mass is 31.2. The number of aliphatic hydroxyl groups is 1. The van der Waals surface area contributed by atoms with Gasteiger partial charge in [0.05, 0.1) is 12.9 Å². The minimum Gasteiger partial charge on any atom is -0.476 e. The number of halogens is 2. The van der Waals surface area contributed by atoms with Crippen LogP contribution in [0.2, 0.25) is 0 Å². The van der Waals surface area contributed by atoms with Crippen molar-refractivity contribution in [1.82, 2.24) is 24.6 Å². The van der Waals surface area contributed by atoms with E-state index in [1.165, 1.54) is 19.1 Å². The number of benzene rings is 1. The lowest BCUT2D eigenvalue weighted by Crippen LogP contribution is -2.47. The molecule has 0 bridgehead atoms. The van der Waals surface area contributed by atoms with E-state index in [0.29, 0.717) is 12.8 Å². The number of carbonyl (C=O) groups is 1. The van der Waals surface area contributed by atoms with Crippen molar-refractivity contribution < 1.29 is 46.5 Å². The van der Waals surface area contributed by atoms with E-state index in [0.717, 1.165) is 37.1 Å². The smallest absolute Gasteiger partial charge is 0.459 e. The number of imidazole rings is 1. The molecule has 3 aromatic rings. The van der Waals surface area contributed by atoms with Crippen molar-refractivity contribution in [3.63, 3.8) is 0 Å². The summed E-state index contributed by atoms with van der Waals surface area (Å²) in [4.78, 5) is 25.0. The second-order valence-corrected chi connectivity index (χ2v) is 12.9. The van der Waals surface area contributed by atoms with E-state index in [1.807, 2.05) is 0 Å². The largest absolute Gasteiger partial charge is 0.476 e. The molecule has 2 aliphatic rings. The van der Waals surface area contributed by atoms with Crippen LogP contribution in [-0.4, -0.2) is 73.6 Å². The third-order valence-electron chi connectivity index (χ3n) is 7.61. The Kier molecular flexibility index (Phi) is 9.61. The highest BCUT2D eigenvalue weighted by Crippen LogP contribution is 2.52. The summed E-state index contributed by atoms with van der Waals surface area (Å²) in [5.41, 5.74) is 3.07. The summed E-state index contributed by atoms with van der Waals surface area (Å²) >= 11 is 0. The lowest BCUT2D eigenvalue weighted by molar-refractivity contribution is -0.202. The zero-order valence-corrected chi connectivity index (χ0v) is 26.0. The molecule has 1 aliphatic heterocycles. The summed E-state index contributed by atoms with van der Waals surface area (Å²) in [6.07, 6.45) is 0.910. The van der Waals surface area contributed by atoms with Crippen molar-refractivity contribution in [3.05, 3.63) is 36.7 Å². The van der Waals surface area contributed by atoms with E-state index in [1.54, 1.807) is 25.1 Å². The van der Waals surface area contributed by atoms with E-state index in [2.05, 4.69) is 20.0 Å². The quantitative estimate of drug-likeness (QED) is 0.187. The first kappa shape index (κ1) is 32.9. The molecule has 1 aliphatic carbocycles. The number of alkyl halides is 2. The number of nitrogens with two attached hydrogens (primary N) is 1. The second-order valence-electron chi connectivity index (χ2n) is 11.2. The number of esters is 1. The molecule has 2 fully saturated rings. The topological polar surface area (TPSA) is 182 Å². The fourth-order valence-corrected chi connectivity index (χ4v) is 6.81. The number of hydrogen-bond donors (Lipinski definition) is 3. The molecule has 17 heteroatoms. The molecule has 0 radical (unpaired) electrons. The summed E-state index contributed by atoms with van der Waals surface area (Å²) in [5.74, 6) is -4.08. The standard InChI is InChI=1S/C28H37F2N6O8P/c1-4-40-22-20-21(33-26(31)34-22)36(16-32-20)25-27(3,29)24(38)28(30,43-25)15-41-45(39,44-19-13-9-6-10-14-19)35-17(2)23(37)42-18-11-7-5-8-12-18/h6,9-10,13-14,16-18,24-25,38H,4-5,7-8,11-12,15H2,1-3H3,(H,35,39)(H2,31,33,34)/t17-,24-,25+,27+,28+,45+/m0/s1. The van der Waals surface area contributed by atoms with E-state index in [4.69, 9.17) is 29.0 Å². The van der Waals surface area contributed by atoms with Gasteiger partial charge in [0.2, 0.25) is 11.8 Å².